The molecule has 2 aromatic heterocycles. The van der Waals surface area contributed by atoms with Gasteiger partial charge in [0, 0.05) is 27.8 Å². The van der Waals surface area contributed by atoms with Gasteiger partial charge in [0.05, 0.1) is 21.2 Å². The van der Waals surface area contributed by atoms with E-state index in [9.17, 15) is 9.59 Å². The molecule has 8 heteroatoms. The summed E-state index contributed by atoms with van der Waals surface area (Å²) in [6.07, 6.45) is 0. The number of nitrogens with one attached hydrogen (secondary N) is 1. The van der Waals surface area contributed by atoms with Crippen molar-refractivity contribution >= 4 is 40.3 Å². The van der Waals surface area contributed by atoms with Gasteiger partial charge in [0.15, 0.2) is 5.78 Å². The fourth-order valence-electron chi connectivity index (χ4n) is 2.85. The molecule has 1 amide bonds. The van der Waals surface area contributed by atoms with Gasteiger partial charge in [-0.15, -0.1) is 11.3 Å². The second kappa shape index (κ2) is 4.68. The van der Waals surface area contributed by atoms with Crippen LogP contribution in [0.15, 0.2) is 23.6 Å². The topological polar surface area (TPSA) is 115 Å². The second-order valence-corrected chi connectivity index (χ2v) is 6.65. The van der Waals surface area contributed by atoms with E-state index in [1.807, 2.05) is 5.38 Å². The van der Waals surface area contributed by atoms with E-state index in [0.717, 1.165) is 5.56 Å². The highest BCUT2D eigenvalue weighted by Crippen LogP contribution is 2.43. The number of benzene rings is 1. The Labute approximate surface area is 139 Å². The number of hydrogen-bond donors (Lipinski definition) is 3. The molecule has 0 bridgehead atoms. The third-order valence-electron chi connectivity index (χ3n) is 3.81. The number of carbonyl (C=O) groups is 2. The quantitative estimate of drug-likeness (QED) is 0.485. The van der Waals surface area contributed by atoms with Crippen LogP contribution in [0.4, 0.5) is 5.69 Å². The number of aromatic amines is 1. The smallest absolute Gasteiger partial charge is 0.251 e. The molecule has 6 nitrogen and oxygen atoms in total. The van der Waals surface area contributed by atoms with E-state index >= 15 is 0 Å². The summed E-state index contributed by atoms with van der Waals surface area (Å²) in [4.78, 5) is 24.6. The molecule has 23 heavy (non-hydrogen) atoms. The number of aromatic nitrogens is 2. The number of H-pyrrole nitrogens is 1. The molecule has 0 saturated heterocycles. The Morgan fingerprint density at radius 1 is 1.30 bits per heavy atom. The Bertz CT molecular complexity index is 1010. The molecule has 114 valence electrons. The van der Waals surface area contributed by atoms with Gasteiger partial charge in [-0.1, -0.05) is 11.6 Å². The van der Waals surface area contributed by atoms with Gasteiger partial charge in [0.1, 0.15) is 5.69 Å². The molecule has 2 heterocycles. The van der Waals surface area contributed by atoms with Gasteiger partial charge in [-0.2, -0.15) is 5.10 Å². The first-order chi connectivity index (χ1) is 11.0. The molecular formula is C15H9ClN4O2S. The van der Waals surface area contributed by atoms with E-state index in [1.165, 1.54) is 11.3 Å². The normalized spacial score (nSPS) is 12.3. The zero-order valence-electron chi connectivity index (χ0n) is 11.5. The maximum atomic E-state index is 12.9. The van der Waals surface area contributed by atoms with Gasteiger partial charge in [-0.3, -0.25) is 14.7 Å². The van der Waals surface area contributed by atoms with Crippen LogP contribution in [-0.2, 0) is 0 Å². The number of hydrogen-bond acceptors (Lipinski definition) is 5. The molecule has 1 aromatic carbocycles. The Kier molecular flexibility index (Phi) is 2.84. The van der Waals surface area contributed by atoms with Gasteiger partial charge in [-0.25, -0.2) is 0 Å². The van der Waals surface area contributed by atoms with Crippen molar-refractivity contribution in [2.45, 2.75) is 0 Å². The molecule has 0 aliphatic heterocycles. The lowest BCUT2D eigenvalue weighted by Gasteiger charge is -2.07. The third kappa shape index (κ3) is 1.84. The van der Waals surface area contributed by atoms with Gasteiger partial charge < -0.3 is 11.5 Å². The van der Waals surface area contributed by atoms with Crippen LogP contribution < -0.4 is 11.5 Å². The molecule has 3 aromatic rings. The average Bonchev–Trinajstić information content (AvgIpc) is 3.16. The van der Waals surface area contributed by atoms with Crippen molar-refractivity contribution in [2.24, 2.45) is 5.73 Å². The van der Waals surface area contributed by atoms with Crippen molar-refractivity contribution in [3.05, 3.63) is 44.6 Å². The number of nitrogens with two attached hydrogens (primary N) is 2. The summed E-state index contributed by atoms with van der Waals surface area (Å²) in [5.41, 5.74) is 14.5. The predicted molar refractivity (Wildman–Crippen MR) is 88.7 cm³/mol. The minimum absolute atomic E-state index is 0.0476. The largest absolute Gasteiger partial charge is 0.398 e. The number of rotatable bonds is 2. The molecule has 1 aliphatic rings. The van der Waals surface area contributed by atoms with Crippen molar-refractivity contribution < 1.29 is 9.59 Å². The van der Waals surface area contributed by atoms with Gasteiger partial charge >= 0.3 is 0 Å². The molecule has 0 saturated carbocycles. The van der Waals surface area contributed by atoms with E-state index < -0.39 is 5.91 Å². The van der Waals surface area contributed by atoms with E-state index in [-0.39, 0.29) is 22.6 Å². The Morgan fingerprint density at radius 2 is 2.09 bits per heavy atom. The van der Waals surface area contributed by atoms with E-state index in [1.54, 1.807) is 18.2 Å². The van der Waals surface area contributed by atoms with Crippen LogP contribution in [0.1, 0.15) is 26.3 Å². The molecule has 0 fully saturated rings. The minimum atomic E-state index is -0.731. The predicted octanol–water partition coefficient (Wildman–Crippen LogP) is 2.68. The van der Waals surface area contributed by atoms with Crippen molar-refractivity contribution in [1.82, 2.24) is 10.2 Å². The standard InChI is InChI=1S/C15H9ClN4O2S/c16-8-3-5(4-23-8)12-11-13(20-19-12)6-1-2-7(17)10(15(18)22)9(6)14(11)21/h1-4H,17H2,(H2,18,22)(H,19,20). The lowest BCUT2D eigenvalue weighted by Crippen LogP contribution is -2.18. The van der Waals surface area contributed by atoms with Crippen LogP contribution >= 0.6 is 22.9 Å². The lowest BCUT2D eigenvalue weighted by atomic mass is 9.99. The third-order valence-corrected chi connectivity index (χ3v) is 4.91. The monoisotopic (exact) mass is 344 g/mol. The fourth-order valence-corrected chi connectivity index (χ4v) is 3.72. The number of primary amides is 1. The Hall–Kier alpha value is -2.64. The summed E-state index contributed by atoms with van der Waals surface area (Å²) in [5.74, 6) is -1.05. The SMILES string of the molecule is NC(=O)c1c(N)ccc2c1C(=O)c1c(-c3csc(Cl)c3)n[nH]c1-2. The summed E-state index contributed by atoms with van der Waals surface area (Å²) in [6, 6.07) is 4.98. The van der Waals surface area contributed by atoms with Gasteiger partial charge in [0.25, 0.3) is 5.91 Å². The number of halogens is 1. The molecule has 0 atom stereocenters. The summed E-state index contributed by atoms with van der Waals surface area (Å²) in [6.45, 7) is 0. The molecule has 5 N–H and O–H groups in total. The number of carbonyl (C=O) groups excluding carboxylic acids is 2. The Balaban J connectivity index is 1.99. The highest BCUT2D eigenvalue weighted by Gasteiger charge is 2.36. The molecule has 4 rings (SSSR count). The summed E-state index contributed by atoms with van der Waals surface area (Å²) < 4.78 is 0.599. The fraction of sp³-hybridized carbons (Fsp3) is 0. The van der Waals surface area contributed by atoms with Crippen LogP contribution in [0, 0.1) is 0 Å². The summed E-state index contributed by atoms with van der Waals surface area (Å²) in [5, 5.41) is 8.90. The maximum Gasteiger partial charge on any atom is 0.251 e. The average molecular weight is 345 g/mol. The van der Waals surface area contributed by atoms with Crippen LogP contribution in [0.5, 0.6) is 0 Å². The maximum absolute atomic E-state index is 12.9. The Morgan fingerprint density at radius 3 is 2.74 bits per heavy atom. The number of ketones is 1. The molecule has 0 unspecified atom stereocenters. The highest BCUT2D eigenvalue weighted by molar-refractivity contribution is 7.14. The first-order valence-corrected chi connectivity index (χ1v) is 7.85. The molecule has 1 aliphatic carbocycles. The van der Waals surface area contributed by atoms with Crippen LogP contribution in [0.25, 0.3) is 22.5 Å². The number of fused-ring (bicyclic) bond motifs is 3. The number of anilines is 1. The number of nitrogens with zero attached hydrogens (tertiary/aromatic N) is 1. The first-order valence-electron chi connectivity index (χ1n) is 6.59. The van der Waals surface area contributed by atoms with Crippen LogP contribution in [0.3, 0.4) is 0 Å². The van der Waals surface area contributed by atoms with Gasteiger partial charge in [-0.05, 0) is 18.2 Å². The lowest BCUT2D eigenvalue weighted by molar-refractivity contribution is 0.0983. The van der Waals surface area contributed by atoms with E-state index in [4.69, 9.17) is 23.1 Å². The molecular weight excluding hydrogens is 336 g/mol. The van der Waals surface area contributed by atoms with Crippen molar-refractivity contribution in [3.8, 4) is 22.5 Å². The summed E-state index contributed by atoms with van der Waals surface area (Å²) in [7, 11) is 0. The zero-order chi connectivity index (χ0) is 16.3. The number of amides is 1. The van der Waals surface area contributed by atoms with E-state index in [2.05, 4.69) is 10.2 Å². The second-order valence-electron chi connectivity index (χ2n) is 5.11. The number of nitrogen functional groups attached to an aromatic ring is 1. The van der Waals surface area contributed by atoms with Crippen molar-refractivity contribution in [3.63, 3.8) is 0 Å². The van der Waals surface area contributed by atoms with Crippen molar-refractivity contribution in [2.75, 3.05) is 5.73 Å². The highest BCUT2D eigenvalue weighted by atomic mass is 35.5. The number of thiophene rings is 1. The minimum Gasteiger partial charge on any atom is -0.398 e. The molecule has 0 radical (unpaired) electrons. The van der Waals surface area contributed by atoms with Crippen molar-refractivity contribution in [1.29, 1.82) is 0 Å². The van der Waals surface area contributed by atoms with Crippen LogP contribution in [-0.4, -0.2) is 21.9 Å². The molecule has 0 spiro atoms. The van der Waals surface area contributed by atoms with Crippen LogP contribution in [0.2, 0.25) is 4.34 Å². The first kappa shape index (κ1) is 14.0. The summed E-state index contributed by atoms with van der Waals surface area (Å²) >= 11 is 7.31. The van der Waals surface area contributed by atoms with Gasteiger partial charge in [0.2, 0.25) is 0 Å². The van der Waals surface area contributed by atoms with E-state index in [0.29, 0.717) is 26.9 Å². The zero-order valence-corrected chi connectivity index (χ0v) is 13.1.